The summed E-state index contributed by atoms with van der Waals surface area (Å²) in [6.07, 6.45) is 3.76. The van der Waals surface area contributed by atoms with E-state index < -0.39 is 14.6 Å². The molecule has 0 aromatic carbocycles. The zero-order chi connectivity index (χ0) is 18.7. The van der Waals surface area contributed by atoms with Gasteiger partial charge in [0.2, 0.25) is 0 Å². The molecular formula is C18H36N4O2S. The molecule has 0 aliphatic carbocycles. The van der Waals surface area contributed by atoms with Crippen LogP contribution in [0.2, 0.25) is 0 Å². The Morgan fingerprint density at radius 3 is 2.36 bits per heavy atom. The Kier molecular flexibility index (Phi) is 6.76. The molecule has 146 valence electrons. The highest BCUT2D eigenvalue weighted by Crippen LogP contribution is 2.24. The largest absolute Gasteiger partial charge is 0.355 e. The van der Waals surface area contributed by atoms with Gasteiger partial charge in [-0.25, -0.2) is 8.42 Å². The summed E-state index contributed by atoms with van der Waals surface area (Å²) in [5, 5.41) is 3.53. The van der Waals surface area contributed by atoms with Crippen LogP contribution in [0.25, 0.3) is 0 Å². The molecule has 0 spiro atoms. The lowest BCUT2D eigenvalue weighted by molar-refractivity contribution is 0.211. The molecule has 0 aromatic heterocycles. The van der Waals surface area contributed by atoms with E-state index in [1.807, 2.05) is 13.8 Å². The number of hydrogen-bond acceptors (Lipinski definition) is 4. The maximum Gasteiger partial charge on any atom is 0.193 e. The predicted molar refractivity (Wildman–Crippen MR) is 105 cm³/mol. The van der Waals surface area contributed by atoms with Gasteiger partial charge in [0.1, 0.15) is 0 Å². The van der Waals surface area contributed by atoms with Gasteiger partial charge in [-0.2, -0.15) is 0 Å². The summed E-state index contributed by atoms with van der Waals surface area (Å²) in [4.78, 5) is 9.10. The van der Waals surface area contributed by atoms with Crippen LogP contribution in [-0.2, 0) is 9.84 Å². The van der Waals surface area contributed by atoms with Gasteiger partial charge in [0.05, 0.1) is 10.5 Å². The lowest BCUT2D eigenvalue weighted by Crippen LogP contribution is -2.58. The second-order valence-corrected chi connectivity index (χ2v) is 11.2. The molecule has 0 amide bonds. The van der Waals surface area contributed by atoms with E-state index in [-0.39, 0.29) is 5.75 Å². The average Bonchev–Trinajstić information content (AvgIpc) is 3.04. The minimum absolute atomic E-state index is 0.197. The normalized spacial score (nSPS) is 25.4. The fraction of sp³-hybridized carbons (Fsp3) is 0.944. The van der Waals surface area contributed by atoms with Crippen LogP contribution in [0.4, 0.5) is 0 Å². The SMILES string of the molecule is CN=C(NCC(CC(C)C)N1CCCC1)N1CCS(=O)(=O)C(C)(C)C1. The second kappa shape index (κ2) is 8.25. The number of likely N-dealkylation sites (tertiary alicyclic amines) is 1. The molecule has 2 rings (SSSR count). The smallest absolute Gasteiger partial charge is 0.193 e. The summed E-state index contributed by atoms with van der Waals surface area (Å²) in [6.45, 7) is 12.4. The van der Waals surface area contributed by atoms with E-state index >= 15 is 0 Å². The monoisotopic (exact) mass is 372 g/mol. The van der Waals surface area contributed by atoms with Crippen molar-refractivity contribution in [3.63, 3.8) is 0 Å². The lowest BCUT2D eigenvalue weighted by atomic mass is 10.0. The van der Waals surface area contributed by atoms with Crippen LogP contribution in [-0.4, -0.2) is 80.5 Å². The summed E-state index contributed by atoms with van der Waals surface area (Å²) in [5.74, 6) is 1.69. The van der Waals surface area contributed by atoms with E-state index in [1.165, 1.54) is 32.4 Å². The number of rotatable bonds is 5. The summed E-state index contributed by atoms with van der Waals surface area (Å²) >= 11 is 0. The number of guanidine groups is 1. The quantitative estimate of drug-likeness (QED) is 0.586. The molecule has 1 unspecified atom stereocenters. The molecule has 2 fully saturated rings. The van der Waals surface area contributed by atoms with Crippen LogP contribution in [0.15, 0.2) is 4.99 Å². The highest BCUT2D eigenvalue weighted by atomic mass is 32.2. The number of aliphatic imine (C=N–C) groups is 1. The molecule has 2 saturated heterocycles. The first-order valence-corrected chi connectivity index (χ1v) is 11.2. The average molecular weight is 373 g/mol. The highest BCUT2D eigenvalue weighted by molar-refractivity contribution is 7.92. The van der Waals surface area contributed by atoms with Crippen molar-refractivity contribution < 1.29 is 8.42 Å². The standard InChI is InChI=1S/C18H36N4O2S/c1-15(2)12-16(21-8-6-7-9-21)13-20-17(19-5)22-10-11-25(23,24)18(3,4)14-22/h15-16H,6-14H2,1-5H3,(H,19,20). The van der Waals surface area contributed by atoms with Crippen molar-refractivity contribution in [2.75, 3.05) is 45.5 Å². The zero-order valence-electron chi connectivity index (χ0n) is 16.6. The van der Waals surface area contributed by atoms with Crippen LogP contribution in [0.1, 0.15) is 47.0 Å². The number of hydrogen-bond donors (Lipinski definition) is 1. The van der Waals surface area contributed by atoms with E-state index in [0.29, 0.717) is 25.0 Å². The third-order valence-corrected chi connectivity index (χ3v) is 7.98. The molecule has 1 N–H and O–H groups in total. The Bertz CT molecular complexity index is 566. The second-order valence-electron chi connectivity index (χ2n) is 8.45. The lowest BCUT2D eigenvalue weighted by Gasteiger charge is -2.40. The molecule has 2 aliphatic rings. The maximum absolute atomic E-state index is 12.2. The maximum atomic E-state index is 12.2. The van der Waals surface area contributed by atoms with Crippen molar-refractivity contribution in [1.29, 1.82) is 0 Å². The number of sulfone groups is 1. The van der Waals surface area contributed by atoms with Crippen molar-refractivity contribution >= 4 is 15.8 Å². The predicted octanol–water partition coefficient (Wildman–Crippen LogP) is 1.58. The Labute approximate surface area is 154 Å². The van der Waals surface area contributed by atoms with Crippen LogP contribution in [0.5, 0.6) is 0 Å². The van der Waals surface area contributed by atoms with E-state index in [0.717, 1.165) is 12.5 Å². The minimum atomic E-state index is -3.03. The van der Waals surface area contributed by atoms with Gasteiger partial charge in [0.25, 0.3) is 0 Å². The molecule has 2 heterocycles. The fourth-order valence-corrected chi connectivity index (χ4v) is 5.24. The Hall–Kier alpha value is -0.820. The first-order valence-electron chi connectivity index (χ1n) is 9.58. The molecule has 0 aromatic rings. The summed E-state index contributed by atoms with van der Waals surface area (Å²) in [5.41, 5.74) is 0. The van der Waals surface area contributed by atoms with Crippen LogP contribution in [0, 0.1) is 5.92 Å². The highest BCUT2D eigenvalue weighted by Gasteiger charge is 2.41. The van der Waals surface area contributed by atoms with Gasteiger partial charge in [-0.15, -0.1) is 0 Å². The van der Waals surface area contributed by atoms with Crippen LogP contribution >= 0.6 is 0 Å². The van der Waals surface area contributed by atoms with Crippen LogP contribution in [0.3, 0.4) is 0 Å². The Morgan fingerprint density at radius 2 is 1.84 bits per heavy atom. The van der Waals surface area contributed by atoms with E-state index in [1.54, 1.807) is 7.05 Å². The molecular weight excluding hydrogens is 336 g/mol. The zero-order valence-corrected chi connectivity index (χ0v) is 17.4. The van der Waals surface area contributed by atoms with Gasteiger partial charge in [-0.1, -0.05) is 13.8 Å². The molecule has 0 bridgehead atoms. The van der Waals surface area contributed by atoms with Gasteiger partial charge in [0.15, 0.2) is 15.8 Å². The van der Waals surface area contributed by atoms with Crippen molar-refractivity contribution in [3.05, 3.63) is 0 Å². The molecule has 25 heavy (non-hydrogen) atoms. The molecule has 0 radical (unpaired) electrons. The third kappa shape index (κ3) is 5.09. The molecule has 6 nitrogen and oxygen atoms in total. The van der Waals surface area contributed by atoms with Crippen molar-refractivity contribution in [2.24, 2.45) is 10.9 Å². The van der Waals surface area contributed by atoms with Gasteiger partial charge in [-0.05, 0) is 52.1 Å². The molecule has 0 saturated carbocycles. The summed E-state index contributed by atoms with van der Waals surface area (Å²) in [7, 11) is -1.25. The molecule has 2 aliphatic heterocycles. The van der Waals surface area contributed by atoms with Crippen molar-refractivity contribution in [3.8, 4) is 0 Å². The molecule has 1 atom stereocenters. The number of nitrogens with one attached hydrogen (secondary N) is 1. The van der Waals surface area contributed by atoms with Crippen molar-refractivity contribution in [1.82, 2.24) is 15.1 Å². The summed E-state index contributed by atoms with van der Waals surface area (Å²) < 4.78 is 23.7. The molecule has 7 heteroatoms. The fourth-order valence-electron chi connectivity index (χ4n) is 3.88. The Morgan fingerprint density at radius 1 is 1.20 bits per heavy atom. The minimum Gasteiger partial charge on any atom is -0.355 e. The third-order valence-electron chi connectivity index (χ3n) is 5.45. The topological polar surface area (TPSA) is 65.0 Å². The Balaban J connectivity index is 1.99. The van der Waals surface area contributed by atoms with E-state index in [2.05, 4.69) is 34.0 Å². The van der Waals surface area contributed by atoms with Crippen molar-refractivity contribution in [2.45, 2.75) is 57.7 Å². The number of nitrogens with zero attached hydrogens (tertiary/aromatic N) is 3. The summed E-state index contributed by atoms with van der Waals surface area (Å²) in [6, 6.07) is 0.515. The van der Waals surface area contributed by atoms with E-state index in [9.17, 15) is 8.42 Å². The van der Waals surface area contributed by atoms with E-state index in [4.69, 9.17) is 0 Å². The van der Waals surface area contributed by atoms with Crippen LogP contribution < -0.4 is 5.32 Å². The van der Waals surface area contributed by atoms with Gasteiger partial charge in [-0.3, -0.25) is 9.89 Å². The van der Waals surface area contributed by atoms with Gasteiger partial charge >= 0.3 is 0 Å². The van der Waals surface area contributed by atoms with Gasteiger partial charge in [0, 0.05) is 32.7 Å². The first-order chi connectivity index (χ1) is 11.7. The first kappa shape index (κ1) is 20.5. The van der Waals surface area contributed by atoms with Gasteiger partial charge < -0.3 is 10.2 Å².